The van der Waals surface area contributed by atoms with Gasteiger partial charge in [-0.05, 0) is 50.6 Å². The van der Waals surface area contributed by atoms with E-state index in [2.05, 4.69) is 10.6 Å². The molecule has 0 aromatic heterocycles. The topological polar surface area (TPSA) is 125 Å². The van der Waals surface area contributed by atoms with Crippen molar-refractivity contribution in [1.29, 1.82) is 0 Å². The second-order valence-electron chi connectivity index (χ2n) is 10.3. The minimum absolute atomic E-state index is 0.0219. The van der Waals surface area contributed by atoms with Crippen LogP contribution < -0.4 is 25.0 Å². The molecule has 0 bridgehead atoms. The molecule has 11 nitrogen and oxygen atoms in total. The van der Waals surface area contributed by atoms with E-state index in [4.69, 9.17) is 23.7 Å². The quantitative estimate of drug-likeness (QED) is 0.329. The van der Waals surface area contributed by atoms with Gasteiger partial charge in [0.05, 0.1) is 33.0 Å². The van der Waals surface area contributed by atoms with Gasteiger partial charge >= 0.3 is 6.09 Å². The van der Waals surface area contributed by atoms with Crippen molar-refractivity contribution in [2.24, 2.45) is 0 Å². The van der Waals surface area contributed by atoms with Gasteiger partial charge in [-0.25, -0.2) is 4.79 Å². The largest absolute Gasteiger partial charge is 0.486 e. The maximum atomic E-state index is 12.7. The van der Waals surface area contributed by atoms with Gasteiger partial charge in [-0.15, -0.1) is 0 Å². The Hall–Kier alpha value is -3.83. The summed E-state index contributed by atoms with van der Waals surface area (Å²) in [6.07, 6.45) is -0.123. The van der Waals surface area contributed by atoms with E-state index in [9.17, 15) is 14.4 Å². The number of amides is 3. The zero-order valence-corrected chi connectivity index (χ0v) is 24.3. The Morgan fingerprint density at radius 2 is 1.49 bits per heavy atom. The molecule has 0 atom stereocenters. The van der Waals surface area contributed by atoms with Crippen molar-refractivity contribution >= 4 is 23.6 Å². The highest BCUT2D eigenvalue weighted by Gasteiger charge is 2.19. The van der Waals surface area contributed by atoms with Gasteiger partial charge in [0, 0.05) is 36.8 Å². The molecule has 0 spiro atoms. The summed E-state index contributed by atoms with van der Waals surface area (Å²) in [4.78, 5) is 38.5. The molecule has 0 saturated heterocycles. The van der Waals surface area contributed by atoms with Gasteiger partial charge in [0.2, 0.25) is 5.91 Å². The van der Waals surface area contributed by atoms with Crippen LogP contribution >= 0.6 is 0 Å². The summed E-state index contributed by atoms with van der Waals surface area (Å²) in [5, 5.41) is 5.44. The molecule has 2 aromatic carbocycles. The van der Waals surface area contributed by atoms with Crippen molar-refractivity contribution in [3.63, 3.8) is 0 Å². The molecular weight excluding hydrogens is 530 g/mol. The van der Waals surface area contributed by atoms with Gasteiger partial charge in [0.25, 0.3) is 5.91 Å². The fourth-order valence-corrected chi connectivity index (χ4v) is 3.86. The molecule has 0 saturated carbocycles. The molecule has 0 radical (unpaired) electrons. The van der Waals surface area contributed by atoms with Crippen LogP contribution in [0.25, 0.3) is 0 Å². The Morgan fingerprint density at radius 1 is 0.854 bits per heavy atom. The molecular formula is C30H41N3O8. The Balaban J connectivity index is 1.35. The lowest BCUT2D eigenvalue weighted by molar-refractivity contribution is -0.118. The average Bonchev–Trinajstić information content (AvgIpc) is 2.95. The summed E-state index contributed by atoms with van der Waals surface area (Å²) < 4.78 is 27.3. The molecule has 0 aliphatic carbocycles. The van der Waals surface area contributed by atoms with Crippen LogP contribution in [0.2, 0.25) is 0 Å². The molecule has 3 amide bonds. The van der Waals surface area contributed by atoms with Crippen LogP contribution in [0.15, 0.2) is 42.5 Å². The van der Waals surface area contributed by atoms with E-state index in [0.717, 1.165) is 11.3 Å². The number of nitrogens with one attached hydrogen (secondary N) is 2. The van der Waals surface area contributed by atoms with Crippen molar-refractivity contribution in [3.05, 3.63) is 53.6 Å². The number of carbonyl (C=O) groups excluding carboxylic acids is 3. The van der Waals surface area contributed by atoms with E-state index in [1.165, 1.54) is 0 Å². The van der Waals surface area contributed by atoms with E-state index in [1.54, 1.807) is 37.8 Å². The molecule has 41 heavy (non-hydrogen) atoms. The van der Waals surface area contributed by atoms with Crippen LogP contribution in [0, 0.1) is 0 Å². The molecule has 224 valence electrons. The number of ether oxygens (including phenoxy) is 5. The lowest BCUT2D eigenvalue weighted by Gasteiger charge is -2.25. The first-order chi connectivity index (χ1) is 19.7. The predicted molar refractivity (Wildman–Crippen MR) is 154 cm³/mol. The van der Waals surface area contributed by atoms with E-state index in [0.29, 0.717) is 82.8 Å². The highest BCUT2D eigenvalue weighted by molar-refractivity contribution is 5.95. The predicted octanol–water partition coefficient (Wildman–Crippen LogP) is 3.69. The van der Waals surface area contributed by atoms with Gasteiger partial charge in [-0.3, -0.25) is 9.59 Å². The number of carbonyl (C=O) groups is 3. The minimum atomic E-state index is -0.537. The molecule has 2 aromatic rings. The third-order valence-corrected chi connectivity index (χ3v) is 5.82. The molecule has 3 rings (SSSR count). The Labute approximate surface area is 241 Å². The second kappa shape index (κ2) is 15.8. The minimum Gasteiger partial charge on any atom is -0.486 e. The standard InChI is InChI=1S/C30H41N3O8/c1-5-27(34)33(24-10-11-25-26(20-24)40-19-18-39-25)21-22-6-8-23(9-7-22)28(35)31-12-14-37-16-17-38-15-13-32-29(36)41-30(2,3)4/h6-11,20H,5,12-19,21H2,1-4H3,(H,31,35)(H,32,36). The first-order valence-electron chi connectivity index (χ1n) is 13.9. The first-order valence-corrected chi connectivity index (χ1v) is 13.9. The van der Waals surface area contributed by atoms with Crippen molar-refractivity contribution in [3.8, 4) is 11.5 Å². The molecule has 1 aliphatic rings. The number of nitrogens with zero attached hydrogens (tertiary/aromatic N) is 1. The SMILES string of the molecule is CCC(=O)N(Cc1ccc(C(=O)NCCOCCOCCNC(=O)OC(C)(C)C)cc1)c1ccc2c(c1)OCCO2. The number of hydrogen-bond acceptors (Lipinski definition) is 8. The Kier molecular flexibility index (Phi) is 12.2. The molecule has 1 heterocycles. The maximum Gasteiger partial charge on any atom is 0.407 e. The monoisotopic (exact) mass is 571 g/mol. The third kappa shape index (κ3) is 10.9. The number of fused-ring (bicyclic) bond motifs is 1. The van der Waals surface area contributed by atoms with Crippen molar-refractivity contribution in [2.75, 3.05) is 57.6 Å². The van der Waals surface area contributed by atoms with Crippen molar-refractivity contribution in [2.45, 2.75) is 46.3 Å². The number of benzene rings is 2. The zero-order chi connectivity index (χ0) is 29.7. The van der Waals surface area contributed by atoms with Crippen LogP contribution in [0.5, 0.6) is 11.5 Å². The molecule has 11 heteroatoms. The molecule has 2 N–H and O–H groups in total. The zero-order valence-electron chi connectivity index (χ0n) is 24.3. The van der Waals surface area contributed by atoms with Crippen molar-refractivity contribution in [1.82, 2.24) is 10.6 Å². The summed E-state index contributed by atoms with van der Waals surface area (Å²) >= 11 is 0. The first kappa shape index (κ1) is 31.7. The lowest BCUT2D eigenvalue weighted by Crippen LogP contribution is -2.34. The van der Waals surface area contributed by atoms with Crippen molar-refractivity contribution < 1.29 is 38.1 Å². The highest BCUT2D eigenvalue weighted by Crippen LogP contribution is 2.34. The van der Waals surface area contributed by atoms with Crippen LogP contribution in [-0.2, 0) is 25.5 Å². The highest BCUT2D eigenvalue weighted by atomic mass is 16.6. The second-order valence-corrected chi connectivity index (χ2v) is 10.3. The molecule has 0 unspecified atom stereocenters. The summed E-state index contributed by atoms with van der Waals surface area (Å²) in [7, 11) is 0. The van der Waals surface area contributed by atoms with Crippen LogP contribution in [0.3, 0.4) is 0 Å². The molecule has 0 fully saturated rings. The summed E-state index contributed by atoms with van der Waals surface area (Å²) in [5.74, 6) is 1.06. The summed E-state index contributed by atoms with van der Waals surface area (Å²) in [5.41, 5.74) is 1.60. The lowest BCUT2D eigenvalue weighted by atomic mass is 10.1. The van der Waals surface area contributed by atoms with Gasteiger partial charge in [0.1, 0.15) is 18.8 Å². The molecule has 1 aliphatic heterocycles. The average molecular weight is 572 g/mol. The van der Waals surface area contributed by atoms with Crippen LogP contribution in [0.4, 0.5) is 10.5 Å². The van der Waals surface area contributed by atoms with E-state index in [1.807, 2.05) is 37.3 Å². The van der Waals surface area contributed by atoms with E-state index < -0.39 is 11.7 Å². The Morgan fingerprint density at radius 3 is 2.12 bits per heavy atom. The van der Waals surface area contributed by atoms with E-state index in [-0.39, 0.29) is 11.8 Å². The fraction of sp³-hybridized carbons (Fsp3) is 0.500. The smallest absolute Gasteiger partial charge is 0.407 e. The number of hydrogen-bond donors (Lipinski definition) is 2. The van der Waals surface area contributed by atoms with Crippen LogP contribution in [-0.4, -0.2) is 76.2 Å². The van der Waals surface area contributed by atoms with Gasteiger partial charge in [0.15, 0.2) is 11.5 Å². The maximum absolute atomic E-state index is 12.7. The summed E-state index contributed by atoms with van der Waals surface area (Å²) in [6.45, 7) is 10.7. The fourth-order valence-electron chi connectivity index (χ4n) is 3.86. The Bertz CT molecular complexity index is 1150. The number of rotatable bonds is 14. The summed E-state index contributed by atoms with van der Waals surface area (Å²) in [6, 6.07) is 12.6. The number of alkyl carbamates (subject to hydrolysis) is 1. The van der Waals surface area contributed by atoms with Gasteiger partial charge < -0.3 is 39.2 Å². The van der Waals surface area contributed by atoms with Crippen LogP contribution in [0.1, 0.15) is 50.0 Å². The normalized spacial score (nSPS) is 12.4. The van der Waals surface area contributed by atoms with Gasteiger partial charge in [-0.2, -0.15) is 0 Å². The third-order valence-electron chi connectivity index (χ3n) is 5.82. The van der Waals surface area contributed by atoms with Gasteiger partial charge in [-0.1, -0.05) is 19.1 Å². The number of anilines is 1. The van der Waals surface area contributed by atoms with E-state index >= 15 is 0 Å².